The quantitative estimate of drug-likeness (QED) is 0.879. The molecule has 1 aliphatic carbocycles. The number of nitrogens with zero attached hydrogens (tertiary/aromatic N) is 1. The summed E-state index contributed by atoms with van der Waals surface area (Å²) < 4.78 is 1.28. The molecule has 18 heavy (non-hydrogen) atoms. The number of nitrogens with two attached hydrogens (primary N) is 1. The zero-order valence-corrected chi connectivity index (χ0v) is 13.1. The second-order valence-electron chi connectivity index (χ2n) is 4.89. The first-order valence-corrected chi connectivity index (χ1v) is 8.37. The standard InChI is InChI=1S/C13H20BrN3S/c1-18-13(5-3-2-4-6-13)9-17-12-11(15)7-10(14)8-16-12/h7-8H,2-6,9,15H2,1H3,(H,16,17). The van der Waals surface area contributed by atoms with Crippen molar-refractivity contribution in [3.05, 3.63) is 16.7 Å². The maximum Gasteiger partial charge on any atom is 0.149 e. The Balaban J connectivity index is 2.01. The van der Waals surface area contributed by atoms with Gasteiger partial charge in [-0.15, -0.1) is 0 Å². The van der Waals surface area contributed by atoms with Crippen molar-refractivity contribution < 1.29 is 0 Å². The van der Waals surface area contributed by atoms with Gasteiger partial charge in [-0.1, -0.05) is 19.3 Å². The van der Waals surface area contributed by atoms with E-state index in [2.05, 4.69) is 32.5 Å². The maximum atomic E-state index is 5.96. The highest BCUT2D eigenvalue weighted by atomic mass is 79.9. The molecule has 0 aromatic carbocycles. The molecule has 1 heterocycles. The summed E-state index contributed by atoms with van der Waals surface area (Å²) in [6.07, 6.45) is 10.6. The molecule has 5 heteroatoms. The summed E-state index contributed by atoms with van der Waals surface area (Å²) in [6, 6.07) is 1.89. The topological polar surface area (TPSA) is 50.9 Å². The molecule has 0 saturated heterocycles. The third kappa shape index (κ3) is 3.32. The van der Waals surface area contributed by atoms with Crippen LogP contribution in [0.15, 0.2) is 16.7 Å². The second kappa shape index (κ2) is 6.15. The molecule has 100 valence electrons. The van der Waals surface area contributed by atoms with Crippen molar-refractivity contribution in [1.29, 1.82) is 0 Å². The lowest BCUT2D eigenvalue weighted by Crippen LogP contribution is -2.35. The van der Waals surface area contributed by atoms with Crippen molar-refractivity contribution in [2.24, 2.45) is 0 Å². The number of nitrogens with one attached hydrogen (secondary N) is 1. The zero-order chi connectivity index (χ0) is 13.0. The minimum Gasteiger partial charge on any atom is -0.396 e. The number of pyridine rings is 1. The van der Waals surface area contributed by atoms with Crippen molar-refractivity contribution in [2.45, 2.75) is 36.9 Å². The van der Waals surface area contributed by atoms with E-state index >= 15 is 0 Å². The van der Waals surface area contributed by atoms with Gasteiger partial charge in [0.25, 0.3) is 0 Å². The third-order valence-electron chi connectivity index (χ3n) is 3.66. The number of hydrogen-bond donors (Lipinski definition) is 2. The molecule has 3 nitrogen and oxygen atoms in total. The first-order chi connectivity index (χ1) is 8.65. The predicted octanol–water partition coefficient (Wildman–Crippen LogP) is 3.90. The molecule has 1 aromatic rings. The normalized spacial score (nSPS) is 18.6. The van der Waals surface area contributed by atoms with E-state index in [1.165, 1.54) is 32.1 Å². The van der Waals surface area contributed by atoms with Gasteiger partial charge >= 0.3 is 0 Å². The summed E-state index contributed by atoms with van der Waals surface area (Å²) in [5, 5.41) is 3.42. The molecule has 2 rings (SSSR count). The second-order valence-corrected chi connectivity index (χ2v) is 7.08. The Morgan fingerprint density at radius 1 is 1.44 bits per heavy atom. The van der Waals surface area contributed by atoms with Gasteiger partial charge in [-0.2, -0.15) is 11.8 Å². The molecule has 1 aliphatic rings. The van der Waals surface area contributed by atoms with Crippen LogP contribution in [0.4, 0.5) is 11.5 Å². The third-order valence-corrected chi connectivity index (χ3v) is 5.51. The summed E-state index contributed by atoms with van der Waals surface area (Å²) >= 11 is 5.35. The van der Waals surface area contributed by atoms with E-state index in [1.54, 1.807) is 6.20 Å². The highest BCUT2D eigenvalue weighted by molar-refractivity contribution is 9.10. The van der Waals surface area contributed by atoms with Crippen LogP contribution in [0.5, 0.6) is 0 Å². The Morgan fingerprint density at radius 2 is 2.17 bits per heavy atom. The summed E-state index contributed by atoms with van der Waals surface area (Å²) in [5.74, 6) is 0.803. The van der Waals surface area contributed by atoms with E-state index in [0.29, 0.717) is 10.4 Å². The Morgan fingerprint density at radius 3 is 2.78 bits per heavy atom. The highest BCUT2D eigenvalue weighted by Gasteiger charge is 2.31. The van der Waals surface area contributed by atoms with E-state index in [1.807, 2.05) is 17.8 Å². The summed E-state index contributed by atoms with van der Waals surface area (Å²) in [5.41, 5.74) is 6.66. The molecule has 0 radical (unpaired) electrons. The SMILES string of the molecule is CSC1(CNc2ncc(Br)cc2N)CCCCC1. The molecule has 1 aromatic heterocycles. The van der Waals surface area contributed by atoms with Crippen LogP contribution in [0.1, 0.15) is 32.1 Å². The maximum absolute atomic E-state index is 5.96. The predicted molar refractivity (Wildman–Crippen MR) is 84.2 cm³/mol. The van der Waals surface area contributed by atoms with E-state index in [-0.39, 0.29) is 0 Å². The Kier molecular flexibility index (Phi) is 4.78. The fourth-order valence-corrected chi connectivity index (χ4v) is 3.76. The molecule has 0 aliphatic heterocycles. The number of halogens is 1. The van der Waals surface area contributed by atoms with Crippen LogP contribution in [0.2, 0.25) is 0 Å². The fraction of sp³-hybridized carbons (Fsp3) is 0.615. The number of rotatable bonds is 4. The lowest BCUT2D eigenvalue weighted by Gasteiger charge is -2.36. The van der Waals surface area contributed by atoms with Gasteiger partial charge in [0.15, 0.2) is 0 Å². The van der Waals surface area contributed by atoms with Crippen molar-refractivity contribution in [3.63, 3.8) is 0 Å². The molecule has 0 bridgehead atoms. The van der Waals surface area contributed by atoms with Crippen LogP contribution >= 0.6 is 27.7 Å². The number of thioether (sulfide) groups is 1. The lowest BCUT2D eigenvalue weighted by atomic mass is 9.88. The van der Waals surface area contributed by atoms with Crippen molar-refractivity contribution in [2.75, 3.05) is 23.9 Å². The number of aromatic nitrogens is 1. The van der Waals surface area contributed by atoms with Gasteiger partial charge in [0, 0.05) is 22.0 Å². The zero-order valence-electron chi connectivity index (χ0n) is 10.7. The van der Waals surface area contributed by atoms with Gasteiger partial charge in [0.05, 0.1) is 5.69 Å². The molecular formula is C13H20BrN3S. The van der Waals surface area contributed by atoms with Crippen LogP contribution < -0.4 is 11.1 Å². The number of nitrogen functional groups attached to an aromatic ring is 1. The van der Waals surface area contributed by atoms with Crippen molar-refractivity contribution in [1.82, 2.24) is 4.98 Å². The van der Waals surface area contributed by atoms with E-state index in [0.717, 1.165) is 16.8 Å². The monoisotopic (exact) mass is 329 g/mol. The molecule has 0 atom stereocenters. The van der Waals surface area contributed by atoms with Gasteiger partial charge in [-0.3, -0.25) is 0 Å². The van der Waals surface area contributed by atoms with Crippen LogP contribution in [0, 0.1) is 0 Å². The average Bonchev–Trinajstić information content (AvgIpc) is 2.39. The first-order valence-electron chi connectivity index (χ1n) is 6.35. The van der Waals surface area contributed by atoms with Crippen molar-refractivity contribution >= 4 is 39.2 Å². The first kappa shape index (κ1) is 14.0. The summed E-state index contributed by atoms with van der Waals surface area (Å²) in [7, 11) is 0. The Labute approximate surface area is 121 Å². The molecule has 0 amide bonds. The molecule has 1 fully saturated rings. The molecule has 1 saturated carbocycles. The molecule has 0 spiro atoms. The molecule has 3 N–H and O–H groups in total. The summed E-state index contributed by atoms with van der Waals surface area (Å²) in [4.78, 5) is 4.34. The van der Waals surface area contributed by atoms with Gasteiger partial charge in [-0.25, -0.2) is 4.98 Å². The molecule has 0 unspecified atom stereocenters. The van der Waals surface area contributed by atoms with E-state index in [9.17, 15) is 0 Å². The van der Waals surface area contributed by atoms with Crippen LogP contribution in [-0.2, 0) is 0 Å². The Bertz CT molecular complexity index is 405. The minimum atomic E-state index is 0.361. The van der Waals surface area contributed by atoms with Gasteiger partial charge in [-0.05, 0) is 41.1 Å². The van der Waals surface area contributed by atoms with Gasteiger partial charge < -0.3 is 11.1 Å². The van der Waals surface area contributed by atoms with E-state index in [4.69, 9.17) is 5.73 Å². The van der Waals surface area contributed by atoms with Gasteiger partial charge in [0.2, 0.25) is 0 Å². The fourth-order valence-electron chi connectivity index (χ4n) is 2.50. The largest absolute Gasteiger partial charge is 0.396 e. The highest BCUT2D eigenvalue weighted by Crippen LogP contribution is 2.38. The average molecular weight is 330 g/mol. The van der Waals surface area contributed by atoms with Crippen LogP contribution in [0.3, 0.4) is 0 Å². The van der Waals surface area contributed by atoms with Crippen LogP contribution in [0.25, 0.3) is 0 Å². The smallest absolute Gasteiger partial charge is 0.149 e. The van der Waals surface area contributed by atoms with E-state index < -0.39 is 0 Å². The molecular weight excluding hydrogens is 310 g/mol. The Hall–Kier alpha value is -0.420. The minimum absolute atomic E-state index is 0.361. The number of hydrogen-bond acceptors (Lipinski definition) is 4. The summed E-state index contributed by atoms with van der Waals surface area (Å²) in [6.45, 7) is 0.951. The van der Waals surface area contributed by atoms with Crippen molar-refractivity contribution in [3.8, 4) is 0 Å². The van der Waals surface area contributed by atoms with Gasteiger partial charge in [0.1, 0.15) is 5.82 Å². The van der Waals surface area contributed by atoms with Crippen LogP contribution in [-0.4, -0.2) is 22.5 Å². The number of anilines is 2. The lowest BCUT2D eigenvalue weighted by molar-refractivity contribution is 0.411.